The molecule has 0 aromatic heterocycles. The maximum Gasteiger partial charge on any atom is 0.150 e. The Labute approximate surface area is 76.9 Å². The summed E-state index contributed by atoms with van der Waals surface area (Å²) in [5.74, 6) is -0.382. The van der Waals surface area contributed by atoms with Gasteiger partial charge in [0.1, 0.15) is 12.1 Å². The molecule has 0 radical (unpaired) electrons. The van der Waals surface area contributed by atoms with Gasteiger partial charge >= 0.3 is 0 Å². The van der Waals surface area contributed by atoms with Crippen molar-refractivity contribution in [3.8, 4) is 0 Å². The molecule has 0 amide bonds. The monoisotopic (exact) mass is 178 g/mol. The van der Waals surface area contributed by atoms with Gasteiger partial charge in [0.05, 0.1) is 0 Å². The van der Waals surface area contributed by atoms with Crippen LogP contribution in [0.2, 0.25) is 0 Å². The first-order chi connectivity index (χ1) is 6.13. The van der Waals surface area contributed by atoms with Gasteiger partial charge in [0.2, 0.25) is 0 Å². The summed E-state index contributed by atoms with van der Waals surface area (Å²) in [6, 6.07) is 4.21. The van der Waals surface area contributed by atoms with E-state index in [1.165, 1.54) is 12.1 Å². The summed E-state index contributed by atoms with van der Waals surface area (Å²) in [6.45, 7) is 5.61. The number of aldehydes is 1. The topological polar surface area (TPSA) is 17.1 Å². The molecule has 2 heteroatoms. The van der Waals surface area contributed by atoms with Crippen molar-refractivity contribution >= 4 is 6.29 Å². The molecule has 0 fully saturated rings. The third kappa shape index (κ3) is 2.51. The van der Waals surface area contributed by atoms with E-state index >= 15 is 0 Å². The van der Waals surface area contributed by atoms with E-state index < -0.39 is 0 Å². The van der Waals surface area contributed by atoms with Crippen molar-refractivity contribution in [3.63, 3.8) is 0 Å². The van der Waals surface area contributed by atoms with Crippen molar-refractivity contribution in [1.82, 2.24) is 0 Å². The molecule has 1 rings (SSSR count). The van der Waals surface area contributed by atoms with E-state index in [0.29, 0.717) is 18.3 Å². The lowest BCUT2D eigenvalue weighted by molar-refractivity contribution is 0.112. The van der Waals surface area contributed by atoms with Crippen LogP contribution in [0, 0.1) is 5.82 Å². The van der Waals surface area contributed by atoms with Crippen LogP contribution in [0.5, 0.6) is 0 Å². The summed E-state index contributed by atoms with van der Waals surface area (Å²) in [5.41, 5.74) is 2.18. The Kier molecular flexibility index (Phi) is 2.96. The highest BCUT2D eigenvalue weighted by Crippen LogP contribution is 2.12. The van der Waals surface area contributed by atoms with Crippen LogP contribution >= 0.6 is 0 Å². The second-order valence-electron chi connectivity index (χ2n) is 3.09. The molecule has 0 aliphatic rings. The van der Waals surface area contributed by atoms with Gasteiger partial charge in [-0.2, -0.15) is 0 Å². The lowest BCUT2D eigenvalue weighted by Crippen LogP contribution is -1.94. The zero-order chi connectivity index (χ0) is 9.84. The SMILES string of the molecule is C=C(C)Cc1ccc(F)cc1C=O. The van der Waals surface area contributed by atoms with E-state index in [1.807, 2.05) is 6.92 Å². The van der Waals surface area contributed by atoms with Crippen molar-refractivity contribution in [2.24, 2.45) is 0 Å². The number of halogens is 1. The number of carbonyl (C=O) groups is 1. The summed E-state index contributed by atoms with van der Waals surface area (Å²) < 4.78 is 12.7. The van der Waals surface area contributed by atoms with Crippen molar-refractivity contribution in [2.45, 2.75) is 13.3 Å². The first-order valence-electron chi connectivity index (χ1n) is 4.01. The highest BCUT2D eigenvalue weighted by molar-refractivity contribution is 5.77. The Hall–Kier alpha value is -1.44. The molecule has 0 spiro atoms. The van der Waals surface area contributed by atoms with E-state index in [4.69, 9.17) is 0 Å². The van der Waals surface area contributed by atoms with Crippen molar-refractivity contribution in [1.29, 1.82) is 0 Å². The Morgan fingerprint density at radius 2 is 2.31 bits per heavy atom. The van der Waals surface area contributed by atoms with E-state index in [9.17, 15) is 9.18 Å². The summed E-state index contributed by atoms with van der Waals surface area (Å²) in [4.78, 5) is 10.6. The van der Waals surface area contributed by atoms with Gasteiger partial charge in [-0.1, -0.05) is 18.2 Å². The molecule has 0 saturated heterocycles. The van der Waals surface area contributed by atoms with E-state index in [0.717, 1.165) is 11.1 Å². The van der Waals surface area contributed by atoms with Crippen LogP contribution in [0.15, 0.2) is 30.4 Å². The minimum absolute atomic E-state index is 0.382. The molecule has 68 valence electrons. The maximum absolute atomic E-state index is 12.7. The molecule has 0 heterocycles. The normalized spacial score (nSPS) is 9.69. The van der Waals surface area contributed by atoms with Crippen LogP contribution in [-0.4, -0.2) is 6.29 Å². The van der Waals surface area contributed by atoms with Crippen LogP contribution < -0.4 is 0 Å². The van der Waals surface area contributed by atoms with Gasteiger partial charge in [-0.3, -0.25) is 4.79 Å². The summed E-state index contributed by atoms with van der Waals surface area (Å²) in [6.07, 6.45) is 1.29. The van der Waals surface area contributed by atoms with Crippen LogP contribution in [0.1, 0.15) is 22.8 Å². The van der Waals surface area contributed by atoms with Crippen molar-refractivity contribution < 1.29 is 9.18 Å². The molecule has 0 aliphatic carbocycles. The van der Waals surface area contributed by atoms with Gasteiger partial charge in [-0.05, 0) is 31.0 Å². The predicted molar refractivity (Wildman–Crippen MR) is 50.3 cm³/mol. The van der Waals surface area contributed by atoms with Gasteiger partial charge in [0.15, 0.2) is 0 Å². The molecule has 0 N–H and O–H groups in total. The molecule has 1 nitrogen and oxygen atoms in total. The molecule has 0 saturated carbocycles. The first kappa shape index (κ1) is 9.65. The van der Waals surface area contributed by atoms with Crippen LogP contribution in [0.25, 0.3) is 0 Å². The fraction of sp³-hybridized carbons (Fsp3) is 0.182. The summed E-state index contributed by atoms with van der Waals surface area (Å²) >= 11 is 0. The Morgan fingerprint density at radius 1 is 1.62 bits per heavy atom. The second-order valence-corrected chi connectivity index (χ2v) is 3.09. The highest BCUT2D eigenvalue weighted by Gasteiger charge is 2.02. The van der Waals surface area contributed by atoms with Crippen molar-refractivity contribution in [2.75, 3.05) is 0 Å². The van der Waals surface area contributed by atoms with E-state index in [1.54, 1.807) is 6.07 Å². The third-order valence-corrected chi connectivity index (χ3v) is 1.73. The fourth-order valence-corrected chi connectivity index (χ4v) is 1.16. The quantitative estimate of drug-likeness (QED) is 0.513. The molecule has 0 aliphatic heterocycles. The number of hydrogen-bond donors (Lipinski definition) is 0. The molecular formula is C11H11FO. The molecule has 0 bridgehead atoms. The van der Waals surface area contributed by atoms with Crippen molar-refractivity contribution in [3.05, 3.63) is 47.3 Å². The molecular weight excluding hydrogens is 167 g/mol. The first-order valence-corrected chi connectivity index (χ1v) is 4.01. The molecule has 0 unspecified atom stereocenters. The predicted octanol–water partition coefficient (Wildman–Crippen LogP) is 2.76. The van der Waals surface area contributed by atoms with Crippen LogP contribution in [0.4, 0.5) is 4.39 Å². The number of carbonyl (C=O) groups excluding carboxylic acids is 1. The average Bonchev–Trinajstić information content (AvgIpc) is 2.07. The van der Waals surface area contributed by atoms with Gasteiger partial charge in [0.25, 0.3) is 0 Å². The average molecular weight is 178 g/mol. The Balaban J connectivity index is 3.05. The number of rotatable bonds is 3. The fourth-order valence-electron chi connectivity index (χ4n) is 1.16. The zero-order valence-electron chi connectivity index (χ0n) is 7.51. The standard InChI is InChI=1S/C11H11FO/c1-8(2)5-9-3-4-11(12)6-10(9)7-13/h3-4,6-7H,1,5H2,2H3. The lowest BCUT2D eigenvalue weighted by atomic mass is 10.0. The minimum Gasteiger partial charge on any atom is -0.298 e. The number of hydrogen-bond acceptors (Lipinski definition) is 1. The van der Waals surface area contributed by atoms with Gasteiger partial charge in [-0.25, -0.2) is 4.39 Å². The molecule has 1 aromatic carbocycles. The third-order valence-electron chi connectivity index (χ3n) is 1.73. The van der Waals surface area contributed by atoms with Crippen LogP contribution in [-0.2, 0) is 6.42 Å². The van der Waals surface area contributed by atoms with Gasteiger partial charge < -0.3 is 0 Å². The molecule has 13 heavy (non-hydrogen) atoms. The van der Waals surface area contributed by atoms with Gasteiger partial charge in [0, 0.05) is 5.56 Å². The highest BCUT2D eigenvalue weighted by atomic mass is 19.1. The summed E-state index contributed by atoms with van der Waals surface area (Å²) in [5, 5.41) is 0. The Morgan fingerprint density at radius 3 is 2.85 bits per heavy atom. The van der Waals surface area contributed by atoms with E-state index in [-0.39, 0.29) is 5.82 Å². The second kappa shape index (κ2) is 3.99. The largest absolute Gasteiger partial charge is 0.298 e. The number of benzene rings is 1. The Bertz CT molecular complexity index is 342. The lowest BCUT2D eigenvalue weighted by Gasteiger charge is -2.03. The molecule has 0 atom stereocenters. The van der Waals surface area contributed by atoms with E-state index in [2.05, 4.69) is 6.58 Å². The smallest absolute Gasteiger partial charge is 0.150 e. The maximum atomic E-state index is 12.7. The number of allylic oxidation sites excluding steroid dienone is 1. The van der Waals surface area contributed by atoms with Crippen LogP contribution in [0.3, 0.4) is 0 Å². The molecule has 1 aromatic rings. The van der Waals surface area contributed by atoms with Gasteiger partial charge in [-0.15, -0.1) is 0 Å². The zero-order valence-corrected chi connectivity index (χ0v) is 7.51. The minimum atomic E-state index is -0.382. The summed E-state index contributed by atoms with van der Waals surface area (Å²) in [7, 11) is 0.